The van der Waals surface area contributed by atoms with Crippen LogP contribution in [-0.2, 0) is 28.6 Å². The molecule has 1 radical (unpaired) electrons. The summed E-state index contributed by atoms with van der Waals surface area (Å²) in [7, 11) is -5.39. The second-order valence-electron chi connectivity index (χ2n) is 0.447. The Bertz CT molecular complexity index is 61.1. The molecule has 0 saturated carbocycles. The topological polar surface area (TPSA) is 115 Å². The summed E-state index contributed by atoms with van der Waals surface area (Å²) in [5.41, 5.74) is 0. The van der Waals surface area contributed by atoms with Crippen molar-refractivity contribution in [2.24, 2.45) is 0 Å². The van der Waals surface area contributed by atoms with E-state index in [1.165, 1.54) is 0 Å². The first-order chi connectivity index (χ1) is 2.00. The Labute approximate surface area is 88.4 Å². The van der Waals surface area contributed by atoms with E-state index in [0.29, 0.717) is 0 Å². The monoisotopic (exact) mass is 176 g/mol. The first-order valence-corrected chi connectivity index (χ1v) is 2.19. The van der Waals surface area contributed by atoms with Gasteiger partial charge < -0.3 is 24.7 Å². The van der Waals surface area contributed by atoms with Gasteiger partial charge in [-0.1, -0.05) is 0 Å². The van der Waals surface area contributed by atoms with E-state index in [1.54, 1.807) is 0 Å². The normalized spacial score (nSPS) is 6.56. The molecule has 0 aromatic rings. The fourth-order valence-electron chi connectivity index (χ4n) is 0. The fraction of sp³-hybridized carbons (Fsp3) is 0. The third-order valence-electron chi connectivity index (χ3n) is 0. The minimum absolute atomic E-state index is 0. The van der Waals surface area contributed by atoms with Gasteiger partial charge in [0, 0.05) is 18.6 Å². The van der Waals surface area contributed by atoms with E-state index in [-0.39, 0.29) is 61.8 Å². The molecule has 0 heterocycles. The Morgan fingerprint density at radius 3 is 1.00 bits per heavy atom. The van der Waals surface area contributed by atoms with Gasteiger partial charge in [-0.25, -0.2) is 0 Å². The molecule has 0 aromatic heterocycles. The largest absolute Gasteiger partial charge is 2.00 e. The molecule has 0 fully saturated rings. The van der Waals surface area contributed by atoms with E-state index >= 15 is 0 Å². The quantitative estimate of drug-likeness (QED) is 0.269. The molecular formula is Li2O5PV-3. The van der Waals surface area contributed by atoms with Gasteiger partial charge >= 0.3 is 37.7 Å². The standard InChI is InChI=1S/2Li.H3O4P.O.V/c;;1-5(2,3)4;;/h;;(H3,1,2,3,4);;/q2*+1;;-2;/p-3. The SMILES string of the molecule is O=P([O-])([O-])[O-].[Li+].[Li+].[O-2].[V]. The first kappa shape index (κ1) is 30.8. The van der Waals surface area contributed by atoms with Crippen LogP contribution in [0.1, 0.15) is 0 Å². The van der Waals surface area contributed by atoms with Crippen molar-refractivity contribution in [1.29, 1.82) is 0 Å². The molecule has 0 amide bonds. The van der Waals surface area contributed by atoms with E-state index in [9.17, 15) is 0 Å². The summed E-state index contributed by atoms with van der Waals surface area (Å²) in [6.07, 6.45) is 0. The van der Waals surface area contributed by atoms with Gasteiger partial charge in [0.2, 0.25) is 0 Å². The van der Waals surface area contributed by atoms with Gasteiger partial charge in [0.1, 0.15) is 0 Å². The van der Waals surface area contributed by atoms with Crippen molar-refractivity contribution in [3.63, 3.8) is 0 Å². The summed E-state index contributed by atoms with van der Waals surface area (Å²) < 4.78 is 8.55. The fourth-order valence-corrected chi connectivity index (χ4v) is 0. The van der Waals surface area contributed by atoms with Crippen LogP contribution in [0.25, 0.3) is 0 Å². The average Bonchev–Trinajstić information content (AvgIpc) is 0.722. The summed E-state index contributed by atoms with van der Waals surface area (Å²) in [4.78, 5) is 25.6. The second-order valence-corrected chi connectivity index (χ2v) is 1.34. The van der Waals surface area contributed by atoms with E-state index < -0.39 is 7.82 Å². The molecule has 0 atom stereocenters. The van der Waals surface area contributed by atoms with E-state index in [4.69, 9.17) is 19.2 Å². The van der Waals surface area contributed by atoms with Gasteiger partial charge in [-0.2, -0.15) is 7.82 Å². The summed E-state index contributed by atoms with van der Waals surface area (Å²) in [5, 5.41) is 0. The van der Waals surface area contributed by atoms with E-state index in [2.05, 4.69) is 0 Å². The smallest absolute Gasteiger partial charge is 1.00 e. The third-order valence-corrected chi connectivity index (χ3v) is 0. The number of hydrogen-bond donors (Lipinski definition) is 0. The van der Waals surface area contributed by atoms with Crippen molar-refractivity contribution in [2.75, 3.05) is 0 Å². The molecule has 45 valence electrons. The minimum Gasteiger partial charge on any atom is -2.00 e. The molecular weight excluding hydrogens is 176 g/mol. The van der Waals surface area contributed by atoms with Crippen LogP contribution < -0.4 is 52.4 Å². The summed E-state index contributed by atoms with van der Waals surface area (Å²) in [6, 6.07) is 0. The van der Waals surface area contributed by atoms with Crippen LogP contribution in [0.5, 0.6) is 0 Å². The molecule has 0 aliphatic carbocycles. The predicted molar refractivity (Wildman–Crippen MR) is 8.29 cm³/mol. The summed E-state index contributed by atoms with van der Waals surface area (Å²) >= 11 is 0. The maximum atomic E-state index is 8.55. The van der Waals surface area contributed by atoms with E-state index in [0.717, 1.165) is 0 Å². The van der Waals surface area contributed by atoms with Crippen LogP contribution in [0.3, 0.4) is 0 Å². The van der Waals surface area contributed by atoms with E-state index in [1.807, 2.05) is 0 Å². The van der Waals surface area contributed by atoms with Crippen molar-refractivity contribution < 1.29 is 81.0 Å². The van der Waals surface area contributed by atoms with Crippen LogP contribution in [0.15, 0.2) is 0 Å². The molecule has 0 rings (SSSR count). The van der Waals surface area contributed by atoms with Crippen LogP contribution in [0.2, 0.25) is 0 Å². The van der Waals surface area contributed by atoms with Crippen molar-refractivity contribution in [2.45, 2.75) is 0 Å². The number of rotatable bonds is 0. The molecule has 0 aromatic carbocycles. The number of hydrogen-bond acceptors (Lipinski definition) is 4. The van der Waals surface area contributed by atoms with Gasteiger partial charge in [0.05, 0.1) is 0 Å². The molecule has 0 N–H and O–H groups in total. The molecule has 0 aliphatic rings. The van der Waals surface area contributed by atoms with Gasteiger partial charge in [-0.05, 0) is 0 Å². The predicted octanol–water partition coefficient (Wildman–Crippen LogP) is -8.94. The zero-order chi connectivity index (χ0) is 4.50. The van der Waals surface area contributed by atoms with Crippen LogP contribution in [0, 0.1) is 0 Å². The van der Waals surface area contributed by atoms with Gasteiger partial charge in [0.15, 0.2) is 0 Å². The Hall–Kier alpha value is 1.85. The van der Waals surface area contributed by atoms with Crippen molar-refractivity contribution in [1.82, 2.24) is 0 Å². The summed E-state index contributed by atoms with van der Waals surface area (Å²) in [6.45, 7) is 0. The van der Waals surface area contributed by atoms with Crippen molar-refractivity contribution >= 4 is 7.82 Å². The van der Waals surface area contributed by atoms with Gasteiger partial charge in [-0.15, -0.1) is 0 Å². The Balaban J connectivity index is -0.0000000133. The third kappa shape index (κ3) is 177. The van der Waals surface area contributed by atoms with Gasteiger partial charge in [-0.3, -0.25) is 0 Å². The van der Waals surface area contributed by atoms with Crippen LogP contribution in [-0.4, -0.2) is 0 Å². The molecule has 0 bridgehead atoms. The maximum absolute atomic E-state index is 8.55. The molecule has 9 heavy (non-hydrogen) atoms. The molecule has 0 unspecified atom stereocenters. The number of phosphoric acid groups is 1. The molecule has 0 spiro atoms. The Morgan fingerprint density at radius 2 is 1.00 bits per heavy atom. The summed E-state index contributed by atoms with van der Waals surface area (Å²) in [5.74, 6) is 0. The maximum Gasteiger partial charge on any atom is 1.00 e. The molecule has 9 heteroatoms. The minimum atomic E-state index is -5.39. The van der Waals surface area contributed by atoms with Crippen LogP contribution in [0.4, 0.5) is 0 Å². The molecule has 0 aliphatic heterocycles. The Kier molecular flexibility index (Phi) is 42.8. The van der Waals surface area contributed by atoms with Crippen molar-refractivity contribution in [3.8, 4) is 0 Å². The van der Waals surface area contributed by atoms with Crippen molar-refractivity contribution in [3.05, 3.63) is 0 Å². The zero-order valence-electron chi connectivity index (χ0n) is 4.94. The Morgan fingerprint density at radius 1 is 1.00 bits per heavy atom. The second kappa shape index (κ2) is 12.5. The van der Waals surface area contributed by atoms with Crippen LogP contribution >= 0.6 is 7.82 Å². The van der Waals surface area contributed by atoms with Gasteiger partial charge in [0.25, 0.3) is 0 Å². The average molecular weight is 176 g/mol. The zero-order valence-corrected chi connectivity index (χ0v) is 7.23. The molecule has 0 saturated heterocycles. The first-order valence-electron chi connectivity index (χ1n) is 0.730. The molecule has 5 nitrogen and oxygen atoms in total.